The zero-order chi connectivity index (χ0) is 17.6. The van der Waals surface area contributed by atoms with E-state index in [9.17, 15) is 14.7 Å². The SMILES string of the molecule is CC=CCC1=C(C)[C@H]([C@]2(C(=O)O)[C@H](C=C(C)C)C2(C)C)CC1=O. The lowest BCUT2D eigenvalue weighted by molar-refractivity contribution is -0.147. The molecule has 0 radical (unpaired) electrons. The Kier molecular flexibility index (Phi) is 4.44. The highest BCUT2D eigenvalue weighted by Crippen LogP contribution is 2.75. The van der Waals surface area contributed by atoms with E-state index in [1.807, 2.05) is 53.7 Å². The molecule has 0 aliphatic heterocycles. The van der Waals surface area contributed by atoms with E-state index in [1.54, 1.807) is 0 Å². The van der Waals surface area contributed by atoms with Gasteiger partial charge in [0.05, 0.1) is 5.41 Å². The van der Waals surface area contributed by atoms with Crippen LogP contribution in [0.4, 0.5) is 0 Å². The van der Waals surface area contributed by atoms with E-state index in [-0.39, 0.29) is 23.0 Å². The molecule has 126 valence electrons. The second kappa shape index (κ2) is 5.77. The van der Waals surface area contributed by atoms with E-state index in [4.69, 9.17) is 0 Å². The highest BCUT2D eigenvalue weighted by Gasteiger charge is 2.78. The maximum Gasteiger partial charge on any atom is 0.311 e. The van der Waals surface area contributed by atoms with Crippen LogP contribution in [-0.4, -0.2) is 16.9 Å². The fourth-order valence-electron chi connectivity index (χ4n) is 4.64. The first-order chi connectivity index (χ1) is 10.6. The summed E-state index contributed by atoms with van der Waals surface area (Å²) in [5.74, 6) is -0.867. The fourth-order valence-corrected chi connectivity index (χ4v) is 4.64. The normalized spacial score (nSPS) is 32.5. The molecule has 2 aliphatic carbocycles. The number of aliphatic carboxylic acids is 1. The van der Waals surface area contributed by atoms with Crippen molar-refractivity contribution in [1.82, 2.24) is 0 Å². The first-order valence-corrected chi connectivity index (χ1v) is 8.34. The van der Waals surface area contributed by atoms with Crippen LogP contribution in [0.15, 0.2) is 34.9 Å². The molecule has 0 aromatic rings. The van der Waals surface area contributed by atoms with Gasteiger partial charge in [-0.2, -0.15) is 0 Å². The van der Waals surface area contributed by atoms with Gasteiger partial charge in [-0.05, 0) is 45.1 Å². The molecule has 0 unspecified atom stereocenters. The zero-order valence-electron chi connectivity index (χ0n) is 15.1. The van der Waals surface area contributed by atoms with Crippen LogP contribution in [0.1, 0.15) is 54.4 Å². The van der Waals surface area contributed by atoms with E-state index in [0.717, 1.165) is 16.7 Å². The summed E-state index contributed by atoms with van der Waals surface area (Å²) in [6.45, 7) is 11.9. The standard InChI is InChI=1S/C20H28O3/c1-7-8-9-14-13(4)15(11-16(14)21)20(18(22)23)17(10-12(2)3)19(20,5)6/h7-8,10,15,17H,9,11H2,1-6H3,(H,22,23)/t15-,17-,20-/m1/s1. The molecular formula is C20H28O3. The third-order valence-electron chi connectivity index (χ3n) is 5.94. The number of hydrogen-bond acceptors (Lipinski definition) is 2. The molecule has 3 heteroatoms. The van der Waals surface area contributed by atoms with Crippen LogP contribution in [0, 0.1) is 22.7 Å². The van der Waals surface area contributed by atoms with Gasteiger partial charge in [0.15, 0.2) is 5.78 Å². The summed E-state index contributed by atoms with van der Waals surface area (Å²) in [7, 11) is 0. The minimum atomic E-state index is -0.859. The van der Waals surface area contributed by atoms with Crippen molar-refractivity contribution >= 4 is 11.8 Å². The zero-order valence-corrected chi connectivity index (χ0v) is 15.1. The molecule has 0 aromatic heterocycles. The number of Topliss-reactive ketones (excluding diaryl/α,β-unsaturated/α-hetero) is 1. The van der Waals surface area contributed by atoms with Gasteiger partial charge in [-0.1, -0.05) is 43.2 Å². The highest BCUT2D eigenvalue weighted by atomic mass is 16.4. The van der Waals surface area contributed by atoms with Crippen LogP contribution in [0.2, 0.25) is 0 Å². The quantitative estimate of drug-likeness (QED) is 0.757. The van der Waals surface area contributed by atoms with E-state index in [0.29, 0.717) is 12.8 Å². The van der Waals surface area contributed by atoms with Crippen molar-refractivity contribution in [2.45, 2.75) is 54.4 Å². The van der Waals surface area contributed by atoms with E-state index >= 15 is 0 Å². The maximum atomic E-state index is 12.4. The first-order valence-electron chi connectivity index (χ1n) is 8.34. The molecular weight excluding hydrogens is 288 g/mol. The van der Waals surface area contributed by atoms with E-state index in [2.05, 4.69) is 6.08 Å². The molecule has 0 spiro atoms. The second-order valence-corrected chi connectivity index (χ2v) is 7.73. The molecule has 1 fully saturated rings. The lowest BCUT2D eigenvalue weighted by Crippen LogP contribution is -2.31. The number of carbonyl (C=O) groups excluding carboxylic acids is 1. The number of rotatable bonds is 5. The molecule has 0 bridgehead atoms. The molecule has 0 heterocycles. The lowest BCUT2D eigenvalue weighted by atomic mass is 9.78. The summed E-state index contributed by atoms with van der Waals surface area (Å²) in [4.78, 5) is 24.7. The molecule has 1 N–H and O–H groups in total. The van der Waals surface area contributed by atoms with Crippen molar-refractivity contribution < 1.29 is 14.7 Å². The van der Waals surface area contributed by atoms with Gasteiger partial charge in [-0.25, -0.2) is 0 Å². The molecule has 23 heavy (non-hydrogen) atoms. The van der Waals surface area contributed by atoms with Crippen LogP contribution in [0.3, 0.4) is 0 Å². The van der Waals surface area contributed by atoms with Gasteiger partial charge < -0.3 is 5.11 Å². The third-order valence-corrected chi connectivity index (χ3v) is 5.94. The average Bonchev–Trinajstić information content (AvgIpc) is 2.76. The summed E-state index contributed by atoms with van der Waals surface area (Å²) < 4.78 is 0. The van der Waals surface area contributed by atoms with Gasteiger partial charge in [-0.15, -0.1) is 0 Å². The predicted molar refractivity (Wildman–Crippen MR) is 92.0 cm³/mol. The summed E-state index contributed by atoms with van der Waals surface area (Å²) >= 11 is 0. The predicted octanol–water partition coefficient (Wildman–Crippen LogP) is 4.55. The molecule has 0 aromatic carbocycles. The fraction of sp³-hybridized carbons (Fsp3) is 0.600. The molecule has 0 amide bonds. The average molecular weight is 316 g/mol. The van der Waals surface area contributed by atoms with Gasteiger partial charge >= 0.3 is 5.97 Å². The van der Waals surface area contributed by atoms with Crippen molar-refractivity contribution in [3.8, 4) is 0 Å². The Bertz CT molecular complexity index is 629. The number of carbonyl (C=O) groups is 2. The van der Waals surface area contributed by atoms with Crippen LogP contribution in [0.25, 0.3) is 0 Å². The number of carboxylic acids is 1. The highest BCUT2D eigenvalue weighted by molar-refractivity contribution is 6.00. The number of allylic oxidation sites excluding steroid dienone is 6. The summed E-state index contributed by atoms with van der Waals surface area (Å²) in [6.07, 6.45) is 6.93. The summed E-state index contributed by atoms with van der Waals surface area (Å²) in [5.41, 5.74) is 1.73. The van der Waals surface area contributed by atoms with Crippen molar-refractivity contribution in [1.29, 1.82) is 0 Å². The molecule has 3 nitrogen and oxygen atoms in total. The third kappa shape index (κ3) is 2.41. The number of hydrogen-bond donors (Lipinski definition) is 1. The summed E-state index contributed by atoms with van der Waals surface area (Å²) in [5, 5.41) is 10.1. The Morgan fingerprint density at radius 2 is 1.96 bits per heavy atom. The van der Waals surface area contributed by atoms with Crippen molar-refractivity contribution in [3.63, 3.8) is 0 Å². The van der Waals surface area contributed by atoms with Gasteiger partial charge in [0, 0.05) is 18.3 Å². The van der Waals surface area contributed by atoms with Gasteiger partial charge in [-0.3, -0.25) is 9.59 Å². The van der Waals surface area contributed by atoms with E-state index < -0.39 is 11.4 Å². The van der Waals surface area contributed by atoms with Gasteiger partial charge in [0.25, 0.3) is 0 Å². The molecule has 1 saturated carbocycles. The topological polar surface area (TPSA) is 54.4 Å². The smallest absolute Gasteiger partial charge is 0.311 e. The minimum Gasteiger partial charge on any atom is -0.481 e. The lowest BCUT2D eigenvalue weighted by Gasteiger charge is -2.24. The van der Waals surface area contributed by atoms with Gasteiger partial charge in [0.2, 0.25) is 0 Å². The minimum absolute atomic E-state index is 0.0219. The van der Waals surface area contributed by atoms with Gasteiger partial charge in [0.1, 0.15) is 0 Å². The Morgan fingerprint density at radius 3 is 2.43 bits per heavy atom. The van der Waals surface area contributed by atoms with Crippen molar-refractivity contribution in [3.05, 3.63) is 34.9 Å². The largest absolute Gasteiger partial charge is 0.481 e. The molecule has 2 rings (SSSR count). The summed E-state index contributed by atoms with van der Waals surface area (Å²) in [6, 6.07) is 0. The Hall–Kier alpha value is -1.64. The Balaban J connectivity index is 2.50. The number of carboxylic acid groups (broad SMARTS) is 1. The monoisotopic (exact) mass is 316 g/mol. The molecule has 0 saturated heterocycles. The van der Waals surface area contributed by atoms with Crippen molar-refractivity contribution in [2.75, 3.05) is 0 Å². The van der Waals surface area contributed by atoms with Crippen LogP contribution < -0.4 is 0 Å². The number of ketones is 1. The first kappa shape index (κ1) is 17.7. The molecule has 2 aliphatic rings. The Morgan fingerprint density at radius 1 is 1.35 bits per heavy atom. The van der Waals surface area contributed by atoms with E-state index in [1.165, 1.54) is 0 Å². The van der Waals surface area contributed by atoms with Crippen LogP contribution >= 0.6 is 0 Å². The van der Waals surface area contributed by atoms with Crippen LogP contribution in [0.5, 0.6) is 0 Å². The Labute approximate surface area is 139 Å². The second-order valence-electron chi connectivity index (χ2n) is 7.73. The van der Waals surface area contributed by atoms with Crippen LogP contribution in [-0.2, 0) is 9.59 Å². The van der Waals surface area contributed by atoms with Crippen molar-refractivity contribution in [2.24, 2.45) is 22.7 Å². The maximum absolute atomic E-state index is 12.4. The molecule has 3 atom stereocenters.